The van der Waals surface area contributed by atoms with Gasteiger partial charge in [-0.3, -0.25) is 4.68 Å². The molecule has 1 saturated heterocycles. The second-order valence-electron chi connectivity index (χ2n) is 5.35. The summed E-state index contributed by atoms with van der Waals surface area (Å²) in [6, 6.07) is -1.87. The number of anilines is 1. The zero-order valence-electron chi connectivity index (χ0n) is 12.3. The van der Waals surface area contributed by atoms with Crippen LogP contribution in [0.25, 0.3) is 0 Å². The molecule has 2 heterocycles. The van der Waals surface area contributed by atoms with Crippen LogP contribution >= 0.6 is 0 Å². The number of likely N-dealkylation sites (tertiary alicyclic amines) is 1. The number of aromatic nitrogens is 2. The summed E-state index contributed by atoms with van der Waals surface area (Å²) in [7, 11) is -0.917. The monoisotopic (exact) mass is 334 g/mol. The molecule has 0 unspecified atom stereocenters. The van der Waals surface area contributed by atoms with E-state index in [1.807, 2.05) is 0 Å². The van der Waals surface area contributed by atoms with Crippen molar-refractivity contribution in [3.05, 3.63) is 12.4 Å². The Balaban J connectivity index is 2.39. The van der Waals surface area contributed by atoms with Crippen LogP contribution in [0.2, 0.25) is 0 Å². The predicted molar refractivity (Wildman–Crippen MR) is 78.1 cm³/mol. The quantitative estimate of drug-likeness (QED) is 0.747. The summed E-state index contributed by atoms with van der Waals surface area (Å²) in [5, 5.41) is 3.92. The fourth-order valence-corrected chi connectivity index (χ4v) is 3.90. The van der Waals surface area contributed by atoms with Crippen LogP contribution in [0, 0.1) is 0 Å². The van der Waals surface area contributed by atoms with Crippen molar-refractivity contribution in [3.63, 3.8) is 0 Å². The number of aryl methyl sites for hydroxylation is 1. The third kappa shape index (κ3) is 3.65. The molecule has 0 radical (unpaired) electrons. The normalized spacial score (nSPS) is 23.2. The molecule has 0 aliphatic carbocycles. The first-order chi connectivity index (χ1) is 10.2. The highest BCUT2D eigenvalue weighted by molar-refractivity contribution is 7.91. The molecular weight excluding hydrogens is 315 g/mol. The maximum atomic E-state index is 13.8. The molecule has 0 spiro atoms. The smallest absolute Gasteiger partial charge is 0.327 e. The van der Waals surface area contributed by atoms with E-state index in [-0.39, 0.29) is 18.7 Å². The van der Waals surface area contributed by atoms with Gasteiger partial charge in [0.25, 0.3) is 0 Å². The van der Waals surface area contributed by atoms with Gasteiger partial charge in [-0.25, -0.2) is 18.2 Å². The zero-order chi connectivity index (χ0) is 16.5. The molecule has 11 heteroatoms. The number of carbonyl (C=O) groups is 1. The molecule has 2 rings (SSSR count). The van der Waals surface area contributed by atoms with Gasteiger partial charge in [0, 0.05) is 32.8 Å². The Hall–Kier alpha value is -1.88. The number of alkyl halides is 1. The number of carbonyl (C=O) groups excluding carboxylic acids is 1. The second-order valence-corrected chi connectivity index (χ2v) is 6.90. The Morgan fingerprint density at radius 1 is 1.50 bits per heavy atom. The molecule has 0 bridgehead atoms. The summed E-state index contributed by atoms with van der Waals surface area (Å²) in [5.74, 6) is 0. The van der Waals surface area contributed by atoms with E-state index in [1.54, 1.807) is 23.7 Å². The first kappa shape index (κ1) is 16.5. The van der Waals surface area contributed by atoms with Crippen LogP contribution < -0.4 is 14.8 Å². The van der Waals surface area contributed by atoms with Gasteiger partial charge in [0.2, 0.25) is 0 Å². The summed E-state index contributed by atoms with van der Waals surface area (Å²) in [4.78, 5) is 12.7. The van der Waals surface area contributed by atoms with Crippen LogP contribution in [0.1, 0.15) is 6.42 Å². The van der Waals surface area contributed by atoms with Gasteiger partial charge in [0.1, 0.15) is 6.17 Å². The molecule has 1 fully saturated rings. The molecule has 0 saturated carbocycles. The van der Waals surface area contributed by atoms with Crippen LogP contribution in [0.3, 0.4) is 0 Å². The van der Waals surface area contributed by atoms with Crippen molar-refractivity contribution in [2.75, 3.05) is 24.4 Å². The van der Waals surface area contributed by atoms with Gasteiger partial charge in [-0.15, -0.1) is 0 Å². The highest BCUT2D eigenvalue weighted by Crippen LogP contribution is 2.26. The van der Waals surface area contributed by atoms with Gasteiger partial charge < -0.3 is 10.6 Å². The number of piperidine rings is 1. The number of primary amides is 1. The van der Waals surface area contributed by atoms with Gasteiger partial charge in [-0.05, 0) is 7.05 Å². The Kier molecular flexibility index (Phi) is 4.56. The maximum absolute atomic E-state index is 13.8. The standard InChI is InChI=1S/C11H19FN6O3S/c1-16-5-8(12)3-9(6-16)18(10-4-14-17(2)7-10)22(20,21)15-11(13)19/h4,7-9H,3,5-6H2,1-2H3,(H3,13,15,19)/t8-,9-/m1/s1. The number of nitrogens with zero attached hydrogens (tertiary/aromatic N) is 4. The Morgan fingerprint density at radius 2 is 2.18 bits per heavy atom. The molecule has 0 aromatic carbocycles. The van der Waals surface area contributed by atoms with Crippen molar-refractivity contribution in [2.45, 2.75) is 18.6 Å². The molecule has 1 aromatic heterocycles. The van der Waals surface area contributed by atoms with Gasteiger partial charge in [-0.1, -0.05) is 0 Å². The number of halogens is 1. The molecule has 1 aliphatic heterocycles. The number of amides is 2. The summed E-state index contributed by atoms with van der Waals surface area (Å²) in [5.41, 5.74) is 5.16. The minimum absolute atomic E-state index is 0.0267. The third-order valence-corrected chi connectivity index (χ3v) is 4.81. The van der Waals surface area contributed by atoms with Crippen LogP contribution in [0.15, 0.2) is 12.4 Å². The van der Waals surface area contributed by atoms with Gasteiger partial charge in [0.15, 0.2) is 0 Å². The van der Waals surface area contributed by atoms with Crippen molar-refractivity contribution < 1.29 is 17.6 Å². The topological polar surface area (TPSA) is 114 Å². The van der Waals surface area contributed by atoms with Crippen LogP contribution in [-0.4, -0.2) is 61.5 Å². The van der Waals surface area contributed by atoms with Gasteiger partial charge in [-0.2, -0.15) is 13.5 Å². The minimum Gasteiger partial charge on any atom is -0.351 e. The minimum atomic E-state index is -4.25. The van der Waals surface area contributed by atoms with Crippen molar-refractivity contribution >= 4 is 21.9 Å². The van der Waals surface area contributed by atoms with E-state index in [9.17, 15) is 17.6 Å². The summed E-state index contributed by atoms with van der Waals surface area (Å²) in [6.45, 7) is 0.565. The fourth-order valence-electron chi connectivity index (χ4n) is 2.63. The van der Waals surface area contributed by atoms with Crippen LogP contribution in [0.5, 0.6) is 0 Å². The largest absolute Gasteiger partial charge is 0.351 e. The number of hydrogen-bond acceptors (Lipinski definition) is 5. The average molecular weight is 334 g/mol. The highest BCUT2D eigenvalue weighted by atomic mass is 32.2. The molecule has 2 amide bonds. The summed E-state index contributed by atoms with van der Waals surface area (Å²) >= 11 is 0. The van der Waals surface area contributed by atoms with E-state index in [0.29, 0.717) is 6.54 Å². The molecule has 1 aromatic rings. The first-order valence-electron chi connectivity index (χ1n) is 6.62. The van der Waals surface area contributed by atoms with E-state index in [2.05, 4.69) is 5.10 Å². The van der Waals surface area contributed by atoms with Gasteiger partial charge >= 0.3 is 16.2 Å². The van der Waals surface area contributed by atoms with E-state index in [0.717, 1.165) is 4.31 Å². The summed E-state index contributed by atoms with van der Waals surface area (Å²) < 4.78 is 42.7. The number of nitrogens with one attached hydrogen (secondary N) is 1. The number of hydrogen-bond donors (Lipinski definition) is 2. The molecule has 124 valence electrons. The number of likely N-dealkylation sites (N-methyl/N-ethyl adjacent to an activating group) is 1. The lowest BCUT2D eigenvalue weighted by Gasteiger charge is -2.38. The number of urea groups is 1. The van der Waals surface area contributed by atoms with E-state index >= 15 is 0 Å². The first-order valence-corrected chi connectivity index (χ1v) is 8.06. The van der Waals surface area contributed by atoms with Crippen LogP contribution in [-0.2, 0) is 17.3 Å². The highest BCUT2D eigenvalue weighted by Gasteiger charge is 2.37. The SMILES string of the molecule is CN1C[C@H](F)C[C@@H](N(c2cnn(C)c2)S(=O)(=O)NC(N)=O)C1. The third-order valence-electron chi connectivity index (χ3n) is 3.33. The van der Waals surface area contributed by atoms with E-state index < -0.39 is 28.5 Å². The zero-order valence-corrected chi connectivity index (χ0v) is 13.1. The van der Waals surface area contributed by atoms with Crippen molar-refractivity contribution in [3.8, 4) is 0 Å². The molecule has 9 nitrogen and oxygen atoms in total. The second kappa shape index (κ2) is 6.08. The fraction of sp³-hybridized carbons (Fsp3) is 0.636. The van der Waals surface area contributed by atoms with Crippen molar-refractivity contribution in [2.24, 2.45) is 12.8 Å². The number of rotatable bonds is 4. The Bertz CT molecular complexity index is 638. The predicted octanol–water partition coefficient (Wildman–Crippen LogP) is -0.818. The van der Waals surface area contributed by atoms with Crippen LogP contribution in [0.4, 0.5) is 14.9 Å². The summed E-state index contributed by atoms with van der Waals surface area (Å²) in [6.07, 6.45) is 1.68. The van der Waals surface area contributed by atoms with Crippen molar-refractivity contribution in [1.82, 2.24) is 19.4 Å². The number of nitrogens with two attached hydrogens (primary N) is 1. The molecule has 2 atom stereocenters. The molecule has 22 heavy (non-hydrogen) atoms. The lowest BCUT2D eigenvalue weighted by molar-refractivity contribution is 0.148. The molecule has 3 N–H and O–H groups in total. The molecule has 1 aliphatic rings. The van der Waals surface area contributed by atoms with Crippen molar-refractivity contribution in [1.29, 1.82) is 0 Å². The molecular formula is C11H19FN6O3S. The van der Waals surface area contributed by atoms with Gasteiger partial charge in [0.05, 0.1) is 17.9 Å². The van der Waals surface area contributed by atoms with E-state index in [1.165, 1.54) is 17.1 Å². The lowest BCUT2D eigenvalue weighted by Crippen LogP contribution is -2.56. The average Bonchev–Trinajstić information content (AvgIpc) is 2.71. The Morgan fingerprint density at radius 3 is 2.68 bits per heavy atom. The lowest BCUT2D eigenvalue weighted by atomic mass is 10.0. The maximum Gasteiger partial charge on any atom is 0.327 e. The Labute approximate surface area is 128 Å². The van der Waals surface area contributed by atoms with E-state index in [4.69, 9.17) is 5.73 Å².